The smallest absolute Gasteiger partial charge is 0.263 e. The summed E-state index contributed by atoms with van der Waals surface area (Å²) in [5.74, 6) is -0.581. The Morgan fingerprint density at radius 2 is 2.06 bits per heavy atom. The molecule has 1 aliphatic heterocycles. The number of fused-ring (bicyclic) bond motifs is 1. The first-order valence-electron chi connectivity index (χ1n) is 5.20. The molecule has 0 saturated heterocycles. The van der Waals surface area contributed by atoms with E-state index in [0.29, 0.717) is 24.2 Å². The minimum absolute atomic E-state index is 0.0336. The predicted octanol–water partition coefficient (Wildman–Crippen LogP) is 2.75. The first-order valence-corrected chi connectivity index (χ1v) is 7.51. The maximum atomic E-state index is 13.4. The van der Waals surface area contributed by atoms with Gasteiger partial charge < -0.3 is 5.32 Å². The molecule has 0 fully saturated rings. The van der Waals surface area contributed by atoms with E-state index in [0.717, 1.165) is 6.07 Å². The summed E-state index contributed by atoms with van der Waals surface area (Å²) in [7, 11) is 1.37. The lowest BCUT2D eigenvalue weighted by Gasteiger charge is -2.33. The average Bonchev–Trinajstić information content (AvgIpc) is 2.12. The molecule has 1 aromatic rings. The van der Waals surface area contributed by atoms with Crippen LogP contribution in [0.1, 0.15) is 19.4 Å². The summed E-state index contributed by atoms with van der Waals surface area (Å²) in [6, 6.07) is 2.31. The lowest BCUT2D eigenvalue weighted by molar-refractivity contribution is 0.377. The lowest BCUT2D eigenvalue weighted by atomic mass is 9.82. The minimum atomic E-state index is -3.93. The number of anilines is 1. The summed E-state index contributed by atoms with van der Waals surface area (Å²) in [6.45, 7) is 4.69. The molecule has 0 saturated carbocycles. The number of hydrogen-bond acceptors (Lipinski definition) is 3. The fourth-order valence-corrected chi connectivity index (χ4v) is 3.14. The molecule has 1 heterocycles. The summed E-state index contributed by atoms with van der Waals surface area (Å²) >= 11 is 0. The van der Waals surface area contributed by atoms with Crippen LogP contribution in [0.3, 0.4) is 0 Å². The molecule has 17 heavy (non-hydrogen) atoms. The highest BCUT2D eigenvalue weighted by atomic mass is 35.7. The molecule has 1 aliphatic rings. The van der Waals surface area contributed by atoms with Gasteiger partial charge in [-0.25, -0.2) is 12.8 Å². The highest BCUT2D eigenvalue weighted by molar-refractivity contribution is 8.13. The number of nitrogens with one attached hydrogen (secondary N) is 1. The van der Waals surface area contributed by atoms with E-state index < -0.39 is 14.9 Å². The van der Waals surface area contributed by atoms with Gasteiger partial charge in [0.1, 0.15) is 10.7 Å². The van der Waals surface area contributed by atoms with Crippen molar-refractivity contribution in [3.63, 3.8) is 0 Å². The Morgan fingerprint density at radius 3 is 2.65 bits per heavy atom. The van der Waals surface area contributed by atoms with Crippen LogP contribution in [-0.4, -0.2) is 15.0 Å². The second-order valence-corrected chi connectivity index (χ2v) is 7.60. The molecule has 94 valence electrons. The zero-order valence-corrected chi connectivity index (χ0v) is 11.1. The minimum Gasteiger partial charge on any atom is -0.383 e. The second kappa shape index (κ2) is 3.85. The van der Waals surface area contributed by atoms with Gasteiger partial charge in [-0.3, -0.25) is 0 Å². The van der Waals surface area contributed by atoms with E-state index in [1.165, 1.54) is 6.07 Å². The molecule has 0 amide bonds. The van der Waals surface area contributed by atoms with Crippen molar-refractivity contribution in [1.29, 1.82) is 0 Å². The third kappa shape index (κ3) is 2.55. The van der Waals surface area contributed by atoms with Crippen LogP contribution in [-0.2, 0) is 15.5 Å². The number of halogens is 2. The summed E-state index contributed by atoms with van der Waals surface area (Å²) in [5.41, 5.74) is 1.05. The Labute approximate surface area is 104 Å². The first-order chi connectivity index (χ1) is 7.69. The SMILES string of the molecule is CC1(C)CNc2c(cc(F)cc2S(=O)(=O)Cl)C1. The van der Waals surface area contributed by atoms with Crippen LogP contribution in [0.4, 0.5) is 10.1 Å². The summed E-state index contributed by atoms with van der Waals surface area (Å²) in [4.78, 5) is -0.176. The van der Waals surface area contributed by atoms with Crippen molar-refractivity contribution < 1.29 is 12.8 Å². The van der Waals surface area contributed by atoms with Crippen molar-refractivity contribution in [2.45, 2.75) is 25.2 Å². The fourth-order valence-electron chi connectivity index (χ4n) is 2.07. The zero-order valence-electron chi connectivity index (χ0n) is 9.55. The Kier molecular flexibility index (Phi) is 2.86. The predicted molar refractivity (Wildman–Crippen MR) is 65.4 cm³/mol. The Bertz CT molecular complexity index is 569. The largest absolute Gasteiger partial charge is 0.383 e. The highest BCUT2D eigenvalue weighted by Gasteiger charge is 2.29. The van der Waals surface area contributed by atoms with E-state index in [2.05, 4.69) is 5.32 Å². The van der Waals surface area contributed by atoms with Gasteiger partial charge in [-0.05, 0) is 29.5 Å². The molecule has 0 spiro atoms. The number of benzene rings is 1. The molecule has 1 N–H and O–H groups in total. The highest BCUT2D eigenvalue weighted by Crippen LogP contribution is 2.37. The van der Waals surface area contributed by atoms with Crippen LogP contribution < -0.4 is 5.32 Å². The van der Waals surface area contributed by atoms with Crippen molar-refractivity contribution in [2.24, 2.45) is 5.41 Å². The van der Waals surface area contributed by atoms with Crippen LogP contribution in [0.25, 0.3) is 0 Å². The molecular weight excluding hydrogens is 265 g/mol. The molecule has 1 aromatic carbocycles. The summed E-state index contributed by atoms with van der Waals surface area (Å²) in [5, 5.41) is 3.02. The van der Waals surface area contributed by atoms with Gasteiger partial charge in [-0.15, -0.1) is 0 Å². The van der Waals surface area contributed by atoms with Gasteiger partial charge in [0.25, 0.3) is 9.05 Å². The van der Waals surface area contributed by atoms with Crippen molar-refractivity contribution in [3.8, 4) is 0 Å². The topological polar surface area (TPSA) is 46.2 Å². The molecule has 0 aliphatic carbocycles. The van der Waals surface area contributed by atoms with Crippen LogP contribution in [0, 0.1) is 11.2 Å². The maximum Gasteiger partial charge on any atom is 0.263 e. The molecule has 0 bridgehead atoms. The molecule has 6 heteroatoms. The van der Waals surface area contributed by atoms with Gasteiger partial charge in [0, 0.05) is 17.2 Å². The van der Waals surface area contributed by atoms with Gasteiger partial charge >= 0.3 is 0 Å². The standard InChI is InChI=1S/C11H13ClFNO2S/c1-11(2)5-7-3-8(13)4-9(17(12,15)16)10(7)14-6-11/h3-4,14H,5-6H2,1-2H3. The Balaban J connectivity index is 2.63. The second-order valence-electron chi connectivity index (χ2n) is 5.07. The van der Waals surface area contributed by atoms with E-state index in [4.69, 9.17) is 10.7 Å². The zero-order chi connectivity index (χ0) is 12.8. The van der Waals surface area contributed by atoms with Crippen molar-refractivity contribution in [2.75, 3.05) is 11.9 Å². The van der Waals surface area contributed by atoms with E-state index >= 15 is 0 Å². The van der Waals surface area contributed by atoms with Gasteiger partial charge in [-0.1, -0.05) is 13.8 Å². The molecule has 3 nitrogen and oxygen atoms in total. The third-order valence-corrected chi connectivity index (χ3v) is 4.17. The molecule has 0 aromatic heterocycles. The number of hydrogen-bond donors (Lipinski definition) is 1. The average molecular weight is 278 g/mol. The van der Waals surface area contributed by atoms with Crippen molar-refractivity contribution in [3.05, 3.63) is 23.5 Å². The third-order valence-electron chi connectivity index (χ3n) is 2.82. The Hall–Kier alpha value is -0.810. The Morgan fingerprint density at radius 1 is 1.41 bits per heavy atom. The molecule has 0 unspecified atom stereocenters. The number of rotatable bonds is 1. The van der Waals surface area contributed by atoms with Gasteiger partial charge in [0.15, 0.2) is 0 Å². The van der Waals surface area contributed by atoms with E-state index in [1.807, 2.05) is 13.8 Å². The monoisotopic (exact) mass is 277 g/mol. The van der Waals surface area contributed by atoms with Crippen LogP contribution in [0.5, 0.6) is 0 Å². The molecular formula is C11H13ClFNO2S. The first kappa shape index (κ1) is 12.6. The van der Waals surface area contributed by atoms with Gasteiger partial charge in [0.05, 0.1) is 5.69 Å². The van der Waals surface area contributed by atoms with E-state index in [9.17, 15) is 12.8 Å². The fraction of sp³-hybridized carbons (Fsp3) is 0.455. The summed E-state index contributed by atoms with van der Waals surface area (Å²) in [6.07, 6.45) is 0.618. The van der Waals surface area contributed by atoms with Gasteiger partial charge in [-0.2, -0.15) is 0 Å². The van der Waals surface area contributed by atoms with Gasteiger partial charge in [0.2, 0.25) is 0 Å². The van der Waals surface area contributed by atoms with Crippen LogP contribution >= 0.6 is 10.7 Å². The quantitative estimate of drug-likeness (QED) is 0.803. The van der Waals surface area contributed by atoms with Crippen LogP contribution in [0.15, 0.2) is 17.0 Å². The molecule has 2 rings (SSSR count). The van der Waals surface area contributed by atoms with Crippen LogP contribution in [0.2, 0.25) is 0 Å². The maximum absolute atomic E-state index is 13.4. The lowest BCUT2D eigenvalue weighted by Crippen LogP contribution is -2.31. The molecule has 0 radical (unpaired) electrons. The normalized spacial score (nSPS) is 18.4. The molecule has 0 atom stereocenters. The van der Waals surface area contributed by atoms with E-state index in [1.54, 1.807) is 0 Å². The van der Waals surface area contributed by atoms with Crippen molar-refractivity contribution in [1.82, 2.24) is 0 Å². The van der Waals surface area contributed by atoms with E-state index in [-0.39, 0.29) is 10.3 Å². The van der Waals surface area contributed by atoms with Crippen molar-refractivity contribution >= 4 is 25.4 Å². The summed E-state index contributed by atoms with van der Waals surface area (Å²) < 4.78 is 36.1.